The van der Waals surface area contributed by atoms with Gasteiger partial charge in [-0.3, -0.25) is 9.69 Å². The van der Waals surface area contributed by atoms with Crippen LogP contribution < -0.4 is 0 Å². The van der Waals surface area contributed by atoms with Gasteiger partial charge in [-0.25, -0.2) is 0 Å². The zero-order valence-electron chi connectivity index (χ0n) is 23.3. The molecule has 0 atom stereocenters. The standard InChI is InChI=1S/C35H39N3O/c1-26-12-11-13-28(24-26)25-38-32-19-10-9-18-31(32)27(2)33(38)35(39)37-22-20-36(21-23-37)34(29-14-5-3-6-15-29)30-16-7-4-8-17-30/h3-8,11-17,24,34H,9-10,18-23,25H2,1-2H3. The molecule has 1 saturated heterocycles. The minimum atomic E-state index is 0.198. The van der Waals surface area contributed by atoms with Crippen molar-refractivity contribution in [1.82, 2.24) is 14.4 Å². The molecule has 39 heavy (non-hydrogen) atoms. The lowest BCUT2D eigenvalue weighted by atomic mass is 9.95. The van der Waals surface area contributed by atoms with Gasteiger partial charge in [0.1, 0.15) is 5.69 Å². The Labute approximate surface area is 232 Å². The SMILES string of the molecule is Cc1cccc(Cn2c3c(c(C)c2C(=O)N2CCN(C(c4ccccc4)c4ccccc4)CC2)CCCC3)c1. The van der Waals surface area contributed by atoms with Crippen LogP contribution in [0.3, 0.4) is 0 Å². The third kappa shape index (κ3) is 5.18. The van der Waals surface area contributed by atoms with Crippen molar-refractivity contribution in [3.8, 4) is 0 Å². The molecule has 0 spiro atoms. The number of nitrogens with zero attached hydrogens (tertiary/aromatic N) is 3. The summed E-state index contributed by atoms with van der Waals surface area (Å²) in [6.07, 6.45) is 4.58. The van der Waals surface area contributed by atoms with Gasteiger partial charge in [-0.2, -0.15) is 0 Å². The summed E-state index contributed by atoms with van der Waals surface area (Å²) in [6, 6.07) is 30.5. The van der Waals surface area contributed by atoms with Gasteiger partial charge in [0.25, 0.3) is 5.91 Å². The quantitative estimate of drug-likeness (QED) is 0.289. The van der Waals surface area contributed by atoms with Crippen LogP contribution in [-0.2, 0) is 19.4 Å². The molecule has 4 aromatic rings. The summed E-state index contributed by atoms with van der Waals surface area (Å²) < 4.78 is 2.37. The van der Waals surface area contributed by atoms with E-state index in [0.29, 0.717) is 0 Å². The van der Waals surface area contributed by atoms with Crippen LogP contribution in [0.5, 0.6) is 0 Å². The van der Waals surface area contributed by atoms with Crippen LogP contribution >= 0.6 is 0 Å². The summed E-state index contributed by atoms with van der Waals surface area (Å²) in [6.45, 7) is 8.30. The van der Waals surface area contributed by atoms with Crippen molar-refractivity contribution >= 4 is 5.91 Å². The fraction of sp³-hybridized carbons (Fsp3) is 0.343. The normalized spacial score (nSPS) is 15.9. The van der Waals surface area contributed by atoms with Crippen LogP contribution in [0, 0.1) is 13.8 Å². The summed E-state index contributed by atoms with van der Waals surface area (Å²) in [4.78, 5) is 18.9. The highest BCUT2D eigenvalue weighted by molar-refractivity contribution is 5.95. The molecule has 1 amide bonds. The molecule has 4 heteroatoms. The lowest BCUT2D eigenvalue weighted by molar-refractivity contribution is 0.0586. The average Bonchev–Trinajstić information content (AvgIpc) is 3.25. The number of carbonyl (C=O) groups is 1. The molecule has 3 aromatic carbocycles. The van der Waals surface area contributed by atoms with Crippen molar-refractivity contribution in [2.75, 3.05) is 26.2 Å². The second kappa shape index (κ2) is 11.2. The predicted molar refractivity (Wildman–Crippen MR) is 158 cm³/mol. The maximum Gasteiger partial charge on any atom is 0.270 e. The van der Waals surface area contributed by atoms with E-state index in [9.17, 15) is 4.79 Å². The number of amides is 1. The number of aryl methyl sites for hydroxylation is 1. The summed E-state index contributed by atoms with van der Waals surface area (Å²) >= 11 is 0. The second-order valence-corrected chi connectivity index (χ2v) is 11.2. The topological polar surface area (TPSA) is 28.5 Å². The van der Waals surface area contributed by atoms with Crippen molar-refractivity contribution in [3.63, 3.8) is 0 Å². The number of rotatable bonds is 6. The van der Waals surface area contributed by atoms with Gasteiger partial charge in [0, 0.05) is 38.4 Å². The van der Waals surface area contributed by atoms with Crippen molar-refractivity contribution in [1.29, 1.82) is 0 Å². The van der Waals surface area contributed by atoms with Crippen molar-refractivity contribution in [2.24, 2.45) is 0 Å². The molecule has 1 aromatic heterocycles. The van der Waals surface area contributed by atoms with E-state index in [1.54, 1.807) is 0 Å². The van der Waals surface area contributed by atoms with Crippen molar-refractivity contribution < 1.29 is 4.79 Å². The van der Waals surface area contributed by atoms with Crippen LogP contribution in [0.1, 0.15) is 68.4 Å². The van der Waals surface area contributed by atoms with E-state index in [4.69, 9.17) is 0 Å². The van der Waals surface area contributed by atoms with Gasteiger partial charge in [0.05, 0.1) is 6.04 Å². The van der Waals surface area contributed by atoms with E-state index in [1.807, 2.05) is 0 Å². The Kier molecular flexibility index (Phi) is 7.38. The Hall–Kier alpha value is -3.63. The number of hydrogen-bond donors (Lipinski definition) is 0. The van der Waals surface area contributed by atoms with E-state index in [-0.39, 0.29) is 11.9 Å². The fourth-order valence-electron chi connectivity index (χ4n) is 6.73. The number of fused-ring (bicyclic) bond motifs is 1. The highest BCUT2D eigenvalue weighted by atomic mass is 16.2. The molecule has 1 fully saturated rings. The van der Waals surface area contributed by atoms with Crippen molar-refractivity contribution in [2.45, 2.75) is 52.1 Å². The lowest BCUT2D eigenvalue weighted by Gasteiger charge is -2.40. The Balaban J connectivity index is 1.26. The number of hydrogen-bond acceptors (Lipinski definition) is 2. The Morgan fingerprint density at radius 3 is 2.05 bits per heavy atom. The summed E-state index contributed by atoms with van der Waals surface area (Å²) in [5, 5.41) is 0. The first-order valence-corrected chi connectivity index (χ1v) is 14.5. The summed E-state index contributed by atoms with van der Waals surface area (Å²) in [5.41, 5.74) is 10.1. The van der Waals surface area contributed by atoms with Crippen LogP contribution in [0.25, 0.3) is 0 Å². The zero-order chi connectivity index (χ0) is 26.8. The Bertz CT molecular complexity index is 1390. The molecule has 6 rings (SSSR count). The summed E-state index contributed by atoms with van der Waals surface area (Å²) in [7, 11) is 0. The minimum Gasteiger partial charge on any atom is -0.336 e. The number of benzene rings is 3. The third-order valence-corrected chi connectivity index (χ3v) is 8.67. The summed E-state index contributed by atoms with van der Waals surface area (Å²) in [5.74, 6) is 0.199. The van der Waals surface area contributed by atoms with Crippen molar-refractivity contribution in [3.05, 3.63) is 130 Å². The maximum atomic E-state index is 14.2. The van der Waals surface area contributed by atoms with Gasteiger partial charge >= 0.3 is 0 Å². The predicted octanol–water partition coefficient (Wildman–Crippen LogP) is 6.58. The Morgan fingerprint density at radius 2 is 1.41 bits per heavy atom. The van der Waals surface area contributed by atoms with E-state index in [2.05, 4.69) is 113 Å². The van der Waals surface area contributed by atoms with Gasteiger partial charge in [-0.1, -0.05) is 90.5 Å². The molecule has 0 bridgehead atoms. The zero-order valence-corrected chi connectivity index (χ0v) is 23.3. The molecule has 0 N–H and O–H groups in total. The average molecular weight is 518 g/mol. The highest BCUT2D eigenvalue weighted by Gasteiger charge is 2.32. The first-order chi connectivity index (χ1) is 19.1. The molecule has 0 unspecified atom stereocenters. The van der Waals surface area contributed by atoms with Crippen LogP contribution in [0.15, 0.2) is 84.9 Å². The molecule has 0 saturated carbocycles. The third-order valence-electron chi connectivity index (χ3n) is 8.67. The van der Waals surface area contributed by atoms with E-state index in [0.717, 1.165) is 51.3 Å². The molecule has 200 valence electrons. The smallest absolute Gasteiger partial charge is 0.270 e. The number of piperazine rings is 1. The first-order valence-electron chi connectivity index (χ1n) is 14.5. The molecular formula is C35H39N3O. The van der Waals surface area contributed by atoms with Crippen LogP contribution in [0.2, 0.25) is 0 Å². The van der Waals surface area contributed by atoms with E-state index >= 15 is 0 Å². The van der Waals surface area contributed by atoms with Gasteiger partial charge in [0.15, 0.2) is 0 Å². The molecular weight excluding hydrogens is 478 g/mol. The van der Waals surface area contributed by atoms with Gasteiger partial charge in [-0.15, -0.1) is 0 Å². The molecule has 0 radical (unpaired) electrons. The fourth-order valence-corrected chi connectivity index (χ4v) is 6.73. The van der Waals surface area contributed by atoms with Gasteiger partial charge in [0.2, 0.25) is 0 Å². The lowest BCUT2D eigenvalue weighted by Crippen LogP contribution is -2.50. The molecule has 2 aliphatic rings. The van der Waals surface area contributed by atoms with Crippen LogP contribution in [0.4, 0.5) is 0 Å². The van der Waals surface area contributed by atoms with E-state index < -0.39 is 0 Å². The van der Waals surface area contributed by atoms with Gasteiger partial charge < -0.3 is 9.47 Å². The number of carbonyl (C=O) groups excluding carboxylic acids is 1. The highest BCUT2D eigenvalue weighted by Crippen LogP contribution is 2.33. The van der Waals surface area contributed by atoms with E-state index in [1.165, 1.54) is 51.9 Å². The van der Waals surface area contributed by atoms with Gasteiger partial charge in [-0.05, 0) is 67.3 Å². The number of aromatic nitrogens is 1. The molecule has 1 aliphatic heterocycles. The Morgan fingerprint density at radius 1 is 0.769 bits per heavy atom. The largest absolute Gasteiger partial charge is 0.336 e. The second-order valence-electron chi connectivity index (χ2n) is 11.2. The molecule has 1 aliphatic carbocycles. The maximum absolute atomic E-state index is 14.2. The first kappa shape index (κ1) is 25.6. The minimum absolute atomic E-state index is 0.198. The van der Waals surface area contributed by atoms with Crippen LogP contribution in [-0.4, -0.2) is 46.5 Å². The molecule has 2 heterocycles. The molecule has 4 nitrogen and oxygen atoms in total. The monoisotopic (exact) mass is 517 g/mol.